The van der Waals surface area contributed by atoms with Crippen LogP contribution < -0.4 is 20.0 Å². The molecule has 0 bridgehead atoms. The van der Waals surface area contributed by atoms with Crippen LogP contribution in [-0.2, 0) is 9.59 Å². The molecular weight excluding hydrogens is 518 g/mol. The van der Waals surface area contributed by atoms with E-state index in [4.69, 9.17) is 26.1 Å². The number of rotatable bonds is 6. The molecule has 1 aromatic heterocycles. The van der Waals surface area contributed by atoms with E-state index in [1.807, 2.05) is 73.7 Å². The minimum Gasteiger partial charge on any atom is -0.550 e. The first kappa shape index (κ1) is 24.8. The molecule has 4 aromatic rings. The molecule has 0 saturated heterocycles. The van der Waals surface area contributed by atoms with Crippen molar-refractivity contribution in [1.29, 1.82) is 0 Å². The van der Waals surface area contributed by atoms with Gasteiger partial charge < -0.3 is 19.4 Å². The average Bonchev–Trinajstić information content (AvgIpc) is 3.59. The summed E-state index contributed by atoms with van der Waals surface area (Å²) in [6.07, 6.45) is 1.35. The lowest BCUT2D eigenvalue weighted by atomic mass is 9.92. The number of amides is 1. The van der Waals surface area contributed by atoms with Gasteiger partial charge in [-0.1, -0.05) is 48.0 Å². The lowest BCUT2D eigenvalue weighted by Crippen LogP contribution is -2.40. The van der Waals surface area contributed by atoms with Crippen molar-refractivity contribution in [2.75, 3.05) is 6.79 Å². The van der Waals surface area contributed by atoms with Crippen molar-refractivity contribution in [3.05, 3.63) is 94.6 Å². The molecule has 3 heterocycles. The molecule has 0 radical (unpaired) electrons. The van der Waals surface area contributed by atoms with Crippen LogP contribution >= 0.6 is 11.6 Å². The standard InChI is InChI=1S/C30H24ClN3O5/c1-17-29(30(18-5-3-2-4-6-18)21-14-20(31)8-9-22(21)32-17)23-15-24(34(33-23)27(35)11-12-28(36)37)19-7-10-25-26(13-19)39-16-38-25/h2-10,13-15,24,33H,11-12,16H2,1H3,(H,36,37)/p-1/t24-/m1/s1. The molecule has 2 aliphatic rings. The Morgan fingerprint density at radius 1 is 1.03 bits per heavy atom. The third-order valence-corrected chi connectivity index (χ3v) is 7.09. The predicted octanol–water partition coefficient (Wildman–Crippen LogP) is 4.55. The lowest BCUT2D eigenvalue weighted by molar-refractivity contribution is -0.305. The Kier molecular flexibility index (Phi) is 6.32. The number of aryl methyl sites for hydroxylation is 1. The molecule has 3 aromatic carbocycles. The van der Waals surface area contributed by atoms with Gasteiger partial charge in [0, 0.05) is 39.6 Å². The van der Waals surface area contributed by atoms with Crippen LogP contribution in [-0.4, -0.2) is 28.7 Å². The van der Waals surface area contributed by atoms with Crippen molar-refractivity contribution < 1.29 is 24.2 Å². The Morgan fingerprint density at radius 2 is 1.82 bits per heavy atom. The van der Waals surface area contributed by atoms with Gasteiger partial charge in [-0.05, 0) is 60.9 Å². The number of carbonyl (C=O) groups is 2. The monoisotopic (exact) mass is 540 g/mol. The molecule has 0 spiro atoms. The fourth-order valence-corrected chi connectivity index (χ4v) is 5.26. The number of ether oxygens (including phenoxy) is 2. The number of carboxylic acids is 1. The number of fused-ring (bicyclic) bond motifs is 2. The number of aliphatic carboxylic acids is 1. The maximum absolute atomic E-state index is 13.3. The van der Waals surface area contributed by atoms with E-state index >= 15 is 0 Å². The van der Waals surface area contributed by atoms with Gasteiger partial charge in [0.15, 0.2) is 11.5 Å². The summed E-state index contributed by atoms with van der Waals surface area (Å²) in [6.45, 7) is 2.05. The van der Waals surface area contributed by atoms with Crippen molar-refractivity contribution in [3.63, 3.8) is 0 Å². The summed E-state index contributed by atoms with van der Waals surface area (Å²) in [5.74, 6) is -0.460. The summed E-state index contributed by atoms with van der Waals surface area (Å²) in [4.78, 5) is 29.3. The highest BCUT2D eigenvalue weighted by atomic mass is 35.5. The normalized spacial score (nSPS) is 15.8. The number of benzene rings is 3. The lowest BCUT2D eigenvalue weighted by Gasteiger charge is -2.26. The number of aromatic nitrogens is 1. The molecule has 0 saturated carbocycles. The molecule has 39 heavy (non-hydrogen) atoms. The number of halogens is 1. The van der Waals surface area contributed by atoms with E-state index < -0.39 is 12.0 Å². The third-order valence-electron chi connectivity index (χ3n) is 6.85. The zero-order chi connectivity index (χ0) is 27.1. The molecular formula is C30H23ClN3O5-. The van der Waals surface area contributed by atoms with Gasteiger partial charge in [0.25, 0.3) is 0 Å². The average molecular weight is 541 g/mol. The second-order valence-corrected chi connectivity index (χ2v) is 9.80. The molecule has 0 aliphatic carbocycles. The number of carbonyl (C=O) groups excluding carboxylic acids is 2. The summed E-state index contributed by atoms with van der Waals surface area (Å²) in [5, 5.41) is 14.0. The van der Waals surface area contributed by atoms with Crippen LogP contribution in [0.15, 0.2) is 72.8 Å². The van der Waals surface area contributed by atoms with E-state index in [-0.39, 0.29) is 25.5 Å². The Labute approximate surface area is 229 Å². The van der Waals surface area contributed by atoms with Crippen LogP contribution in [0.25, 0.3) is 27.7 Å². The molecule has 8 nitrogen and oxygen atoms in total. The van der Waals surface area contributed by atoms with Crippen LogP contribution in [0.3, 0.4) is 0 Å². The Hall–Kier alpha value is -4.56. The van der Waals surface area contributed by atoms with Crippen molar-refractivity contribution in [2.45, 2.75) is 25.8 Å². The molecule has 0 unspecified atom stereocenters. The molecule has 1 amide bonds. The van der Waals surface area contributed by atoms with Crippen molar-refractivity contribution in [1.82, 2.24) is 15.4 Å². The van der Waals surface area contributed by atoms with Crippen LogP contribution in [0.4, 0.5) is 0 Å². The summed E-state index contributed by atoms with van der Waals surface area (Å²) < 4.78 is 11.0. The van der Waals surface area contributed by atoms with E-state index in [0.717, 1.165) is 38.9 Å². The molecule has 1 atom stereocenters. The Bertz CT molecular complexity index is 1650. The van der Waals surface area contributed by atoms with Crippen molar-refractivity contribution in [3.8, 4) is 22.6 Å². The smallest absolute Gasteiger partial charge is 0.242 e. The minimum atomic E-state index is -1.28. The van der Waals surface area contributed by atoms with E-state index in [1.165, 1.54) is 5.01 Å². The molecule has 196 valence electrons. The van der Waals surface area contributed by atoms with Gasteiger partial charge in [-0.3, -0.25) is 15.2 Å². The van der Waals surface area contributed by atoms with Gasteiger partial charge in [0.2, 0.25) is 12.7 Å². The highest BCUT2D eigenvalue weighted by molar-refractivity contribution is 6.31. The second-order valence-electron chi connectivity index (χ2n) is 9.36. The molecule has 2 aliphatic heterocycles. The van der Waals surface area contributed by atoms with Gasteiger partial charge in [-0.25, -0.2) is 5.01 Å². The van der Waals surface area contributed by atoms with Crippen LogP contribution in [0.5, 0.6) is 11.5 Å². The third kappa shape index (κ3) is 4.64. The number of hydrazine groups is 1. The van der Waals surface area contributed by atoms with Gasteiger partial charge in [-0.2, -0.15) is 0 Å². The molecule has 6 rings (SSSR count). The van der Waals surface area contributed by atoms with Gasteiger partial charge >= 0.3 is 0 Å². The van der Waals surface area contributed by atoms with E-state index in [1.54, 1.807) is 6.07 Å². The minimum absolute atomic E-state index is 0.127. The summed E-state index contributed by atoms with van der Waals surface area (Å²) in [6, 6.07) is 20.5. The zero-order valence-electron chi connectivity index (χ0n) is 20.9. The van der Waals surface area contributed by atoms with Gasteiger partial charge in [-0.15, -0.1) is 0 Å². The highest BCUT2D eigenvalue weighted by Crippen LogP contribution is 2.42. The Morgan fingerprint density at radius 3 is 2.62 bits per heavy atom. The predicted molar refractivity (Wildman–Crippen MR) is 144 cm³/mol. The van der Waals surface area contributed by atoms with E-state index in [2.05, 4.69) is 5.43 Å². The number of carboxylic acid groups (broad SMARTS) is 1. The summed E-state index contributed by atoms with van der Waals surface area (Å²) in [7, 11) is 0. The fourth-order valence-electron chi connectivity index (χ4n) is 5.09. The van der Waals surface area contributed by atoms with Crippen molar-refractivity contribution in [2.24, 2.45) is 0 Å². The van der Waals surface area contributed by atoms with Crippen molar-refractivity contribution >= 4 is 40.1 Å². The molecule has 9 heteroatoms. The quantitative estimate of drug-likeness (QED) is 0.382. The largest absolute Gasteiger partial charge is 0.550 e. The van der Waals surface area contributed by atoms with Crippen LogP contribution in [0, 0.1) is 6.92 Å². The van der Waals surface area contributed by atoms with E-state index in [0.29, 0.717) is 22.2 Å². The van der Waals surface area contributed by atoms with Crippen LogP contribution in [0.2, 0.25) is 5.02 Å². The number of nitrogens with zero attached hydrogens (tertiary/aromatic N) is 2. The van der Waals surface area contributed by atoms with Gasteiger partial charge in [0.05, 0.1) is 17.3 Å². The maximum Gasteiger partial charge on any atom is 0.242 e. The van der Waals surface area contributed by atoms with E-state index in [9.17, 15) is 14.7 Å². The number of hydrogen-bond acceptors (Lipinski definition) is 7. The maximum atomic E-state index is 13.3. The first-order valence-corrected chi connectivity index (χ1v) is 12.8. The zero-order valence-corrected chi connectivity index (χ0v) is 21.7. The highest BCUT2D eigenvalue weighted by Gasteiger charge is 2.33. The summed E-state index contributed by atoms with van der Waals surface area (Å²) >= 11 is 6.42. The first-order chi connectivity index (χ1) is 18.9. The summed E-state index contributed by atoms with van der Waals surface area (Å²) in [5.41, 5.74) is 8.98. The SMILES string of the molecule is Cc1nc2ccc(Cl)cc2c(-c2ccccc2)c1C1=C[C@H](c2ccc3c(c2)OCO3)N(C(=O)CCC(=O)[O-])N1. The number of pyridine rings is 1. The number of hydrogen-bond donors (Lipinski definition) is 1. The van der Waals surface area contributed by atoms with Gasteiger partial charge in [0.1, 0.15) is 0 Å². The van der Waals surface area contributed by atoms with Crippen LogP contribution in [0.1, 0.15) is 35.7 Å². The first-order valence-electron chi connectivity index (χ1n) is 12.4. The number of nitrogens with one attached hydrogen (secondary N) is 1. The Balaban J connectivity index is 1.52. The fraction of sp³-hybridized carbons (Fsp3) is 0.167. The molecule has 1 N–H and O–H groups in total. The molecule has 0 fully saturated rings. The second kappa shape index (κ2) is 9.96. The topological polar surface area (TPSA) is 104 Å².